The van der Waals surface area contributed by atoms with Gasteiger partial charge in [0.1, 0.15) is 0 Å². The molecule has 0 saturated carbocycles. The van der Waals surface area contributed by atoms with Crippen molar-refractivity contribution in [1.82, 2.24) is 24.6 Å². The zero-order chi connectivity index (χ0) is 19.1. The highest BCUT2D eigenvalue weighted by atomic mass is 15.3. The fourth-order valence-corrected chi connectivity index (χ4v) is 2.98. The van der Waals surface area contributed by atoms with E-state index in [9.17, 15) is 0 Å². The third-order valence-corrected chi connectivity index (χ3v) is 4.51. The Labute approximate surface area is 161 Å². The molecular weight excluding hydrogens is 336 g/mol. The fraction of sp³-hybridized carbons (Fsp3) is 0.333. The molecule has 6 nitrogen and oxygen atoms in total. The zero-order valence-corrected chi connectivity index (χ0v) is 16.3. The molecule has 0 saturated heterocycles. The first-order valence-electron chi connectivity index (χ1n) is 9.36. The predicted molar refractivity (Wildman–Crippen MR) is 110 cm³/mol. The van der Waals surface area contributed by atoms with Crippen molar-refractivity contribution in [3.8, 4) is 5.69 Å². The molecule has 0 bridgehead atoms. The van der Waals surface area contributed by atoms with Crippen LogP contribution in [-0.4, -0.2) is 45.3 Å². The van der Waals surface area contributed by atoms with Crippen LogP contribution < -0.4 is 5.32 Å². The number of hydrogen-bond donors (Lipinski definition) is 1. The van der Waals surface area contributed by atoms with Gasteiger partial charge in [0.2, 0.25) is 0 Å². The lowest BCUT2D eigenvalue weighted by Gasteiger charge is -2.22. The highest BCUT2D eigenvalue weighted by molar-refractivity contribution is 5.79. The number of benzene rings is 1. The summed E-state index contributed by atoms with van der Waals surface area (Å²) in [6, 6.07) is 14.6. The van der Waals surface area contributed by atoms with Gasteiger partial charge in [0.25, 0.3) is 0 Å². The van der Waals surface area contributed by atoms with Crippen LogP contribution in [0.5, 0.6) is 0 Å². The fourth-order valence-electron chi connectivity index (χ4n) is 2.98. The topological polar surface area (TPSA) is 50.4 Å². The van der Waals surface area contributed by atoms with E-state index in [0.29, 0.717) is 0 Å². The molecule has 0 aliphatic rings. The molecule has 1 aromatic carbocycles. The highest BCUT2D eigenvalue weighted by Crippen LogP contribution is 2.09. The second kappa shape index (κ2) is 9.07. The van der Waals surface area contributed by atoms with Gasteiger partial charge >= 0.3 is 0 Å². The Morgan fingerprint density at radius 1 is 1.15 bits per heavy atom. The predicted octanol–water partition coefficient (Wildman–Crippen LogP) is 2.85. The maximum Gasteiger partial charge on any atom is 0.194 e. The number of aromatic nitrogens is 3. The molecule has 6 heteroatoms. The van der Waals surface area contributed by atoms with Gasteiger partial charge in [-0.2, -0.15) is 5.10 Å². The SMILES string of the molecule is CCNC(=NCCc1ccc(-n2cccn2)cc1)N(C)Cc1cccn1C. The van der Waals surface area contributed by atoms with E-state index < -0.39 is 0 Å². The number of guanidine groups is 1. The van der Waals surface area contributed by atoms with Crippen molar-refractivity contribution in [2.45, 2.75) is 19.9 Å². The normalized spacial score (nSPS) is 11.6. The summed E-state index contributed by atoms with van der Waals surface area (Å²) in [5, 5.41) is 7.64. The first-order valence-corrected chi connectivity index (χ1v) is 9.36. The molecule has 0 radical (unpaired) electrons. The summed E-state index contributed by atoms with van der Waals surface area (Å²) >= 11 is 0. The van der Waals surface area contributed by atoms with Crippen LogP contribution in [0.4, 0.5) is 0 Å². The van der Waals surface area contributed by atoms with Crippen LogP contribution in [0.25, 0.3) is 5.69 Å². The molecule has 0 unspecified atom stereocenters. The van der Waals surface area contributed by atoms with Gasteiger partial charge in [-0.05, 0) is 49.2 Å². The Hall–Kier alpha value is -3.02. The molecule has 0 aliphatic carbocycles. The number of aryl methyl sites for hydroxylation is 1. The van der Waals surface area contributed by atoms with Crippen molar-refractivity contribution >= 4 is 5.96 Å². The summed E-state index contributed by atoms with van der Waals surface area (Å²) < 4.78 is 4.00. The van der Waals surface area contributed by atoms with Crippen molar-refractivity contribution < 1.29 is 0 Å². The quantitative estimate of drug-likeness (QED) is 0.518. The van der Waals surface area contributed by atoms with Crippen molar-refractivity contribution in [3.05, 3.63) is 72.3 Å². The Balaban J connectivity index is 1.59. The van der Waals surface area contributed by atoms with Gasteiger partial charge in [-0.1, -0.05) is 12.1 Å². The summed E-state index contributed by atoms with van der Waals surface area (Å²) in [4.78, 5) is 6.96. The number of nitrogens with zero attached hydrogens (tertiary/aromatic N) is 5. The lowest BCUT2D eigenvalue weighted by Crippen LogP contribution is -2.39. The lowest BCUT2D eigenvalue weighted by atomic mass is 10.1. The zero-order valence-electron chi connectivity index (χ0n) is 16.3. The smallest absolute Gasteiger partial charge is 0.194 e. The molecule has 27 heavy (non-hydrogen) atoms. The molecule has 0 fully saturated rings. The average molecular weight is 364 g/mol. The van der Waals surface area contributed by atoms with E-state index in [1.165, 1.54) is 11.3 Å². The van der Waals surface area contributed by atoms with Gasteiger partial charge in [-0.25, -0.2) is 4.68 Å². The number of aliphatic imine (C=N–C) groups is 1. The van der Waals surface area contributed by atoms with Crippen LogP contribution in [0.2, 0.25) is 0 Å². The summed E-state index contributed by atoms with van der Waals surface area (Å²) in [6.07, 6.45) is 6.72. The van der Waals surface area contributed by atoms with Gasteiger partial charge < -0.3 is 14.8 Å². The maximum absolute atomic E-state index is 4.80. The van der Waals surface area contributed by atoms with E-state index in [-0.39, 0.29) is 0 Å². The van der Waals surface area contributed by atoms with Crippen molar-refractivity contribution in [2.75, 3.05) is 20.1 Å². The van der Waals surface area contributed by atoms with Gasteiger partial charge in [0.15, 0.2) is 5.96 Å². The third kappa shape index (κ3) is 5.00. The second-order valence-electron chi connectivity index (χ2n) is 6.57. The molecule has 0 amide bonds. The summed E-state index contributed by atoms with van der Waals surface area (Å²) in [5.74, 6) is 0.937. The second-order valence-corrected chi connectivity index (χ2v) is 6.57. The van der Waals surface area contributed by atoms with Crippen LogP contribution in [0.1, 0.15) is 18.2 Å². The molecule has 0 aliphatic heterocycles. The lowest BCUT2D eigenvalue weighted by molar-refractivity contribution is 0.462. The minimum atomic E-state index is 0.751. The van der Waals surface area contributed by atoms with Crippen molar-refractivity contribution in [1.29, 1.82) is 0 Å². The van der Waals surface area contributed by atoms with E-state index in [0.717, 1.165) is 37.7 Å². The molecular formula is C21H28N6. The summed E-state index contributed by atoms with van der Waals surface area (Å²) in [5.41, 5.74) is 3.61. The molecule has 3 aromatic rings. The van der Waals surface area contributed by atoms with E-state index in [1.807, 2.05) is 16.9 Å². The third-order valence-electron chi connectivity index (χ3n) is 4.51. The molecule has 3 rings (SSSR count). The van der Waals surface area contributed by atoms with Gasteiger partial charge in [-0.3, -0.25) is 4.99 Å². The minimum Gasteiger partial charge on any atom is -0.357 e. The number of nitrogens with one attached hydrogen (secondary N) is 1. The van der Waals surface area contributed by atoms with Crippen LogP contribution >= 0.6 is 0 Å². The first kappa shape index (κ1) is 18.8. The van der Waals surface area contributed by atoms with E-state index >= 15 is 0 Å². The monoisotopic (exact) mass is 364 g/mol. The largest absolute Gasteiger partial charge is 0.357 e. The van der Waals surface area contributed by atoms with Gasteiger partial charge in [0, 0.05) is 51.5 Å². The van der Waals surface area contributed by atoms with Crippen LogP contribution in [-0.2, 0) is 20.0 Å². The molecule has 142 valence electrons. The van der Waals surface area contributed by atoms with Gasteiger partial charge in [-0.15, -0.1) is 0 Å². The molecule has 0 spiro atoms. The summed E-state index contributed by atoms with van der Waals surface area (Å²) in [6.45, 7) is 4.53. The molecule has 0 atom stereocenters. The van der Waals surface area contributed by atoms with Crippen LogP contribution in [0, 0.1) is 0 Å². The van der Waals surface area contributed by atoms with Crippen LogP contribution in [0.3, 0.4) is 0 Å². The molecule has 2 aromatic heterocycles. The Bertz CT molecular complexity index is 845. The highest BCUT2D eigenvalue weighted by Gasteiger charge is 2.08. The van der Waals surface area contributed by atoms with E-state index in [1.54, 1.807) is 6.20 Å². The van der Waals surface area contributed by atoms with E-state index in [2.05, 4.69) is 83.5 Å². The Morgan fingerprint density at radius 2 is 1.96 bits per heavy atom. The minimum absolute atomic E-state index is 0.751. The Morgan fingerprint density at radius 3 is 2.59 bits per heavy atom. The average Bonchev–Trinajstić information content (AvgIpc) is 3.34. The molecule has 2 heterocycles. The Kier molecular flexibility index (Phi) is 6.30. The van der Waals surface area contributed by atoms with Crippen molar-refractivity contribution in [2.24, 2.45) is 12.0 Å². The van der Waals surface area contributed by atoms with Gasteiger partial charge in [0.05, 0.1) is 12.2 Å². The standard InChI is InChI=1S/C21H28N6/c1-4-22-21(26(3)17-20-7-5-15-25(20)2)23-14-12-18-8-10-19(11-9-18)27-16-6-13-24-27/h5-11,13,15-16H,4,12,14,17H2,1-3H3,(H,22,23). The number of hydrogen-bond acceptors (Lipinski definition) is 2. The summed E-state index contributed by atoms with van der Waals surface area (Å²) in [7, 11) is 4.15. The van der Waals surface area contributed by atoms with Crippen molar-refractivity contribution in [3.63, 3.8) is 0 Å². The van der Waals surface area contributed by atoms with E-state index in [4.69, 9.17) is 4.99 Å². The molecule has 1 N–H and O–H groups in total. The maximum atomic E-state index is 4.80. The van der Waals surface area contributed by atoms with Crippen LogP contribution in [0.15, 0.2) is 66.0 Å². The first-order chi connectivity index (χ1) is 13.2. The number of rotatable bonds is 7.